The summed E-state index contributed by atoms with van der Waals surface area (Å²) < 4.78 is 210. The van der Waals surface area contributed by atoms with Crippen molar-refractivity contribution in [1.29, 1.82) is 0 Å². The van der Waals surface area contributed by atoms with E-state index in [1.54, 1.807) is 0 Å². The third-order valence-electron chi connectivity index (χ3n) is 3.54. The van der Waals surface area contributed by atoms with Gasteiger partial charge < -0.3 is 28.2 Å². The van der Waals surface area contributed by atoms with Crippen molar-refractivity contribution in [3.63, 3.8) is 0 Å². The Morgan fingerprint density at radius 1 is 0.351 bits per heavy atom. The Morgan fingerprint density at radius 3 is 0.757 bits per heavy atom. The van der Waals surface area contributed by atoms with Crippen LogP contribution in [0.3, 0.4) is 0 Å². The van der Waals surface area contributed by atoms with Crippen molar-refractivity contribution >= 4 is 7.32 Å². The molecule has 0 amide bonds. The van der Waals surface area contributed by atoms with Crippen molar-refractivity contribution in [3.8, 4) is 0 Å². The molecule has 0 aromatic heterocycles. The van der Waals surface area contributed by atoms with Gasteiger partial charge in [0.15, 0.2) is 0 Å². The molecule has 0 aromatic carbocycles. The smallest absolute Gasteiger partial charge is 0.383 e. The first kappa shape index (κ1) is 35.8. The molecule has 0 rings (SSSR count). The summed E-state index contributed by atoms with van der Waals surface area (Å²) in [5, 5.41) is 0. The summed E-state index contributed by atoms with van der Waals surface area (Å²) in [6.45, 7) is -11.7. The van der Waals surface area contributed by atoms with Crippen LogP contribution >= 0.6 is 0 Å². The van der Waals surface area contributed by atoms with E-state index < -0.39 is 103 Å². The normalized spacial score (nSPS) is 14.4. The fraction of sp³-hybridized carbons (Fsp3) is 1.00. The zero-order chi connectivity index (χ0) is 29.2. The Kier molecular flexibility index (Phi) is 13.8. The fourth-order valence-electron chi connectivity index (χ4n) is 1.60. The molecule has 0 saturated carbocycles. The zero-order valence-corrected chi connectivity index (χ0v) is 18.1. The van der Waals surface area contributed by atoms with Gasteiger partial charge in [0, 0.05) is 0 Å². The van der Waals surface area contributed by atoms with Crippen molar-refractivity contribution in [3.05, 3.63) is 0 Å². The topological polar surface area (TPSA) is 55.4 Å². The van der Waals surface area contributed by atoms with Crippen LogP contribution in [0, 0.1) is 0 Å². The molecule has 0 aliphatic rings. The van der Waals surface area contributed by atoms with Gasteiger partial charge in [0.1, 0.15) is 19.8 Å². The van der Waals surface area contributed by atoms with Gasteiger partial charge in [0.2, 0.25) is 0 Å². The lowest BCUT2D eigenvalue weighted by atomic mass is 10.2. The van der Waals surface area contributed by atoms with Crippen molar-refractivity contribution < 1.29 is 94.0 Å². The summed E-state index contributed by atoms with van der Waals surface area (Å²) >= 11 is 0. The number of hydrogen-bond acceptors (Lipinski definition) is 6. The van der Waals surface area contributed by atoms with Gasteiger partial charge in [-0.05, 0) is 0 Å². The first-order valence-corrected chi connectivity index (χ1v) is 9.45. The largest absolute Gasteiger partial charge is 0.639 e. The maximum atomic E-state index is 12.7. The van der Waals surface area contributed by atoms with Crippen LogP contribution in [0.25, 0.3) is 0 Å². The van der Waals surface area contributed by atoms with Crippen molar-refractivity contribution in [1.82, 2.24) is 0 Å². The van der Waals surface area contributed by atoms with Crippen molar-refractivity contribution in [2.45, 2.75) is 36.3 Å². The third-order valence-corrected chi connectivity index (χ3v) is 3.54. The molecule has 0 aliphatic heterocycles. The summed E-state index contributed by atoms with van der Waals surface area (Å²) in [6, 6.07) is 0. The van der Waals surface area contributed by atoms with E-state index in [-0.39, 0.29) is 0 Å². The van der Waals surface area contributed by atoms with E-state index in [9.17, 15) is 65.9 Å². The molecule has 0 radical (unpaired) electrons. The predicted octanol–water partition coefficient (Wildman–Crippen LogP) is 4.66. The molecule has 0 saturated heterocycles. The van der Waals surface area contributed by atoms with E-state index in [1.165, 1.54) is 0 Å². The monoisotopic (exact) mass is 590 g/mol. The molecule has 0 bridgehead atoms. The second-order valence-electron chi connectivity index (χ2n) is 6.67. The first-order chi connectivity index (χ1) is 16.5. The van der Waals surface area contributed by atoms with Crippen LogP contribution in [0.15, 0.2) is 0 Å². The Morgan fingerprint density at radius 2 is 0.568 bits per heavy atom. The molecule has 37 heavy (non-hydrogen) atoms. The summed E-state index contributed by atoms with van der Waals surface area (Å²) in [7, 11) is -2.01. The molecule has 0 aliphatic carbocycles. The molecule has 0 heterocycles. The second-order valence-corrected chi connectivity index (χ2v) is 6.67. The van der Waals surface area contributed by atoms with Crippen LogP contribution in [0.2, 0.25) is 0 Å². The Balaban J connectivity index is 4.60. The molecule has 0 spiro atoms. The summed E-state index contributed by atoms with van der Waals surface area (Å²) in [5.41, 5.74) is 0. The number of hydrogen-bond donors (Lipinski definition) is 0. The zero-order valence-electron chi connectivity index (χ0n) is 18.1. The lowest BCUT2D eigenvalue weighted by Crippen LogP contribution is -2.41. The van der Waals surface area contributed by atoms with Gasteiger partial charge in [-0.1, -0.05) is 0 Å². The molecule has 22 heteroatoms. The predicted molar refractivity (Wildman–Crippen MR) is 89.1 cm³/mol. The van der Waals surface area contributed by atoms with Crippen LogP contribution in [-0.2, 0) is 28.2 Å². The summed E-state index contributed by atoms with van der Waals surface area (Å²) in [6.07, 6.45) is -17.8. The minimum atomic E-state index is -5.92. The highest BCUT2D eigenvalue weighted by Gasteiger charge is 2.59. The van der Waals surface area contributed by atoms with Gasteiger partial charge in [0.05, 0.1) is 39.6 Å². The van der Waals surface area contributed by atoms with Gasteiger partial charge in [-0.2, -0.15) is 65.9 Å². The standard InChI is InChI=1S/C15H18BF15O6/c17-10(18,13(23,24)25)7-32-1-4-35-16(36-5-2-33-8-11(19,20)14(26,27)28)37-6-3-34-9-12(21,22)15(29,30)31/h1-9H2. The minimum absolute atomic E-state index is 0.849. The lowest BCUT2D eigenvalue weighted by molar-refractivity contribution is -0.297. The minimum Gasteiger partial charge on any atom is -0.383 e. The second kappa shape index (κ2) is 14.2. The van der Waals surface area contributed by atoms with E-state index in [4.69, 9.17) is 0 Å². The molecule has 6 nitrogen and oxygen atoms in total. The Hall–Kier alpha value is -1.23. The van der Waals surface area contributed by atoms with Gasteiger partial charge in [0.25, 0.3) is 0 Å². The fourth-order valence-corrected chi connectivity index (χ4v) is 1.60. The van der Waals surface area contributed by atoms with E-state index in [1.807, 2.05) is 0 Å². The van der Waals surface area contributed by atoms with Crippen LogP contribution < -0.4 is 0 Å². The highest BCUT2D eigenvalue weighted by Crippen LogP contribution is 2.37. The van der Waals surface area contributed by atoms with Crippen LogP contribution in [0.1, 0.15) is 0 Å². The molecule has 0 N–H and O–H groups in total. The van der Waals surface area contributed by atoms with Crippen LogP contribution in [0.4, 0.5) is 65.9 Å². The van der Waals surface area contributed by atoms with E-state index in [0.717, 1.165) is 0 Å². The average molecular weight is 590 g/mol. The van der Waals surface area contributed by atoms with Crippen molar-refractivity contribution in [2.75, 3.05) is 59.5 Å². The lowest BCUT2D eigenvalue weighted by Gasteiger charge is -2.21. The summed E-state index contributed by atoms with van der Waals surface area (Å²) in [4.78, 5) is 0. The molecule has 0 atom stereocenters. The van der Waals surface area contributed by atoms with Crippen LogP contribution in [-0.4, -0.2) is 103 Å². The van der Waals surface area contributed by atoms with Gasteiger partial charge >= 0.3 is 43.6 Å². The van der Waals surface area contributed by atoms with Gasteiger partial charge in [-0.25, -0.2) is 0 Å². The maximum Gasteiger partial charge on any atom is 0.639 e. The molecule has 0 unspecified atom stereocenters. The Bertz CT molecular complexity index is 555. The number of halogens is 15. The third kappa shape index (κ3) is 13.4. The first-order valence-electron chi connectivity index (χ1n) is 9.45. The van der Waals surface area contributed by atoms with E-state index in [2.05, 4.69) is 28.2 Å². The number of ether oxygens (including phenoxy) is 3. The highest BCUT2D eigenvalue weighted by molar-refractivity contribution is 6.36. The van der Waals surface area contributed by atoms with Crippen LogP contribution in [0.5, 0.6) is 0 Å². The highest BCUT2D eigenvalue weighted by atomic mass is 19.4. The molecular formula is C15H18BF15O6. The number of alkyl halides is 15. The van der Waals surface area contributed by atoms with E-state index >= 15 is 0 Å². The van der Waals surface area contributed by atoms with Gasteiger partial charge in [-0.15, -0.1) is 0 Å². The number of rotatable bonds is 18. The molecule has 0 aromatic rings. The quantitative estimate of drug-likeness (QED) is 0.132. The molecular weight excluding hydrogens is 572 g/mol. The average Bonchev–Trinajstić information content (AvgIpc) is 2.69. The van der Waals surface area contributed by atoms with E-state index in [0.29, 0.717) is 0 Å². The molecule has 222 valence electrons. The van der Waals surface area contributed by atoms with Gasteiger partial charge in [-0.3, -0.25) is 0 Å². The summed E-state index contributed by atoms with van der Waals surface area (Å²) in [5.74, 6) is -15.7. The maximum absolute atomic E-state index is 12.7. The SMILES string of the molecule is FC(F)(F)C(F)(F)COCCOB(OCCOCC(F)(F)C(F)(F)F)OCCOCC(F)(F)C(F)(F)F. The van der Waals surface area contributed by atoms with Crippen molar-refractivity contribution in [2.24, 2.45) is 0 Å². The Labute approximate surface area is 198 Å². The molecule has 0 fully saturated rings.